The second-order valence-corrected chi connectivity index (χ2v) is 34.0. The summed E-state index contributed by atoms with van der Waals surface area (Å²) in [6.07, 6.45) is 8.53. The van der Waals surface area contributed by atoms with Gasteiger partial charge in [0.05, 0.1) is 67.6 Å². The lowest BCUT2D eigenvalue weighted by molar-refractivity contribution is 0.768. The molecular formula is C126H81N9. The van der Waals surface area contributed by atoms with Crippen molar-refractivity contribution in [3.8, 4) is 153 Å². The summed E-state index contributed by atoms with van der Waals surface area (Å²) < 4.78 is 0. The zero-order valence-corrected chi connectivity index (χ0v) is 73.3. The van der Waals surface area contributed by atoms with Crippen LogP contribution in [0.25, 0.3) is 134 Å². The minimum Gasteiger partial charge on any atom is -0.263 e. The van der Waals surface area contributed by atoms with Gasteiger partial charge in [0.15, 0.2) is 0 Å². The minimum atomic E-state index is -0.473. The molecular weight excluding hydrogens is 1640 g/mol. The SMILES string of the molecule is N#Cc1cc(-c2cccc(-c3ccc4c(c3)-c3cc(-c5ccccc5)ccc3C4(c3ccccc3)c3ccccc3)n2)ccn1.N#Cc1ccnc(-c2ccc(-c3ccc4c(c3)-c3cc(-c5ccccc5)ccc3C4(c3ccccc3)c3ccccc3)cn2)c1.N#Cc1cncc(-c2cccc(-c3ccc4c(c3)-c3cc(-c5ccccc5)ccc3C4(c3ccccc3)c3ccccc3)n2)c1. The first-order valence-corrected chi connectivity index (χ1v) is 45.1. The third-order valence-electron chi connectivity index (χ3n) is 26.6. The predicted octanol–water partition coefficient (Wildman–Crippen LogP) is 29.1. The summed E-state index contributed by atoms with van der Waals surface area (Å²) in [6.45, 7) is 0. The van der Waals surface area contributed by atoms with Crippen LogP contribution >= 0.6 is 0 Å². The zero-order valence-electron chi connectivity index (χ0n) is 73.3. The van der Waals surface area contributed by atoms with Gasteiger partial charge in [-0.2, -0.15) is 15.8 Å². The van der Waals surface area contributed by atoms with Crippen molar-refractivity contribution in [3.05, 3.63) is 576 Å². The van der Waals surface area contributed by atoms with Crippen LogP contribution in [0.15, 0.2) is 492 Å². The average molecular weight is 1720 g/mol. The number of pyridine rings is 6. The predicted molar refractivity (Wildman–Crippen MR) is 541 cm³/mol. The highest BCUT2D eigenvalue weighted by Crippen LogP contribution is 2.61. The Bertz CT molecular complexity index is 7720. The van der Waals surface area contributed by atoms with Gasteiger partial charge in [-0.05, 0) is 236 Å². The second-order valence-electron chi connectivity index (χ2n) is 34.0. The van der Waals surface area contributed by atoms with Crippen LogP contribution < -0.4 is 0 Å². The van der Waals surface area contributed by atoms with Crippen LogP contribution in [0, 0.1) is 34.0 Å². The fourth-order valence-corrected chi connectivity index (χ4v) is 20.6. The molecule has 0 saturated carbocycles. The Balaban J connectivity index is 0.000000118. The van der Waals surface area contributed by atoms with Crippen molar-refractivity contribution in [3.63, 3.8) is 0 Å². The lowest BCUT2D eigenvalue weighted by atomic mass is 9.67. The molecule has 6 heterocycles. The normalized spacial score (nSPS) is 12.6. The first kappa shape index (κ1) is 82.4. The summed E-state index contributed by atoms with van der Waals surface area (Å²) in [5.41, 5.74) is 40.2. The molecule has 6 aromatic heterocycles. The molecule has 630 valence electrons. The van der Waals surface area contributed by atoms with E-state index in [-0.39, 0.29) is 0 Å². The van der Waals surface area contributed by atoms with E-state index in [0.29, 0.717) is 22.5 Å². The highest BCUT2D eigenvalue weighted by atomic mass is 14.8. The van der Waals surface area contributed by atoms with Gasteiger partial charge in [0.25, 0.3) is 0 Å². The van der Waals surface area contributed by atoms with E-state index >= 15 is 0 Å². The number of fused-ring (bicyclic) bond motifs is 9. The van der Waals surface area contributed by atoms with E-state index in [2.05, 4.69) is 427 Å². The highest BCUT2D eigenvalue weighted by Gasteiger charge is 2.50. The van der Waals surface area contributed by atoms with Gasteiger partial charge in [-0.25, -0.2) is 15.0 Å². The molecule has 0 spiro atoms. The zero-order chi connectivity index (χ0) is 90.7. The van der Waals surface area contributed by atoms with Gasteiger partial charge < -0.3 is 0 Å². The topological polar surface area (TPSA) is 149 Å². The van der Waals surface area contributed by atoms with E-state index in [9.17, 15) is 15.8 Å². The van der Waals surface area contributed by atoms with E-state index in [0.717, 1.165) is 61.9 Å². The molecule has 0 bridgehead atoms. The van der Waals surface area contributed by atoms with Crippen molar-refractivity contribution in [2.45, 2.75) is 16.2 Å². The molecule has 0 radical (unpaired) electrons. The number of nitriles is 3. The fourth-order valence-electron chi connectivity index (χ4n) is 20.6. The average Bonchev–Trinajstić information content (AvgIpc) is 1.55. The largest absolute Gasteiger partial charge is 0.263 e. The second kappa shape index (κ2) is 35.6. The molecule has 9 heteroatoms. The number of hydrogen-bond acceptors (Lipinski definition) is 9. The van der Waals surface area contributed by atoms with E-state index in [1.165, 1.54) is 134 Å². The smallest absolute Gasteiger partial charge is 0.141 e. The van der Waals surface area contributed by atoms with E-state index in [4.69, 9.17) is 15.0 Å². The van der Waals surface area contributed by atoms with Gasteiger partial charge in [0.2, 0.25) is 0 Å². The van der Waals surface area contributed by atoms with Gasteiger partial charge >= 0.3 is 0 Å². The molecule has 0 aliphatic heterocycles. The van der Waals surface area contributed by atoms with Gasteiger partial charge in [0, 0.05) is 58.8 Å². The first-order chi connectivity index (χ1) is 66.8. The Labute approximate surface area is 784 Å². The summed E-state index contributed by atoms with van der Waals surface area (Å²) in [4.78, 5) is 27.6. The van der Waals surface area contributed by atoms with Crippen LogP contribution in [0.1, 0.15) is 83.6 Å². The maximum atomic E-state index is 9.40. The summed E-state index contributed by atoms with van der Waals surface area (Å²) in [5, 5.41) is 28.1. The first-order valence-electron chi connectivity index (χ1n) is 45.1. The number of nitrogens with zero attached hydrogens (tertiary/aromatic N) is 9. The van der Waals surface area contributed by atoms with E-state index < -0.39 is 16.2 Å². The van der Waals surface area contributed by atoms with Crippen molar-refractivity contribution in [1.29, 1.82) is 15.8 Å². The van der Waals surface area contributed by atoms with Crippen LogP contribution in [-0.2, 0) is 16.2 Å². The number of hydrogen-bond donors (Lipinski definition) is 0. The fraction of sp³-hybridized carbons (Fsp3) is 0.0238. The summed E-state index contributed by atoms with van der Waals surface area (Å²) in [7, 11) is 0. The lowest BCUT2D eigenvalue weighted by Gasteiger charge is -2.34. The minimum absolute atomic E-state index is 0.376. The molecule has 3 aliphatic rings. The summed E-state index contributed by atoms with van der Waals surface area (Å²) >= 11 is 0. The lowest BCUT2D eigenvalue weighted by Crippen LogP contribution is -2.28. The number of rotatable bonds is 15. The third-order valence-corrected chi connectivity index (χ3v) is 26.6. The molecule has 0 atom stereocenters. The molecule has 24 rings (SSSR count). The third kappa shape index (κ3) is 14.8. The van der Waals surface area contributed by atoms with E-state index in [1.807, 2.05) is 54.7 Å². The molecule has 0 fully saturated rings. The van der Waals surface area contributed by atoms with Crippen LogP contribution in [0.3, 0.4) is 0 Å². The maximum absolute atomic E-state index is 9.40. The Morgan fingerprint density at radius 1 is 0.178 bits per heavy atom. The van der Waals surface area contributed by atoms with Crippen LogP contribution in [0.4, 0.5) is 0 Å². The van der Waals surface area contributed by atoms with Crippen molar-refractivity contribution < 1.29 is 0 Å². The Kier molecular flexibility index (Phi) is 21.7. The Hall–Kier alpha value is -18.3. The highest BCUT2D eigenvalue weighted by molar-refractivity contribution is 5.95. The molecule has 3 aliphatic carbocycles. The molecule has 0 amide bonds. The van der Waals surface area contributed by atoms with Crippen LogP contribution in [0.2, 0.25) is 0 Å². The molecule has 0 N–H and O–H groups in total. The molecule has 15 aromatic carbocycles. The standard InChI is InChI=1S/3C42H27N3/c43-26-29-23-33(28-44-27-29)41-18-10-17-40(45-41)32-20-22-39-37(25-32)36-24-31(30-11-4-1-5-12-30)19-21-38(36)42(39,34-13-6-2-7-14-34)35-15-8-3-9-16-35;43-28-35-25-32(23-24-44-35)41-18-10-17-40(45-41)31-20-22-39-37(27-31)36-26-30(29-11-4-1-5-12-29)19-21-38(36)42(39,33-13-6-2-7-14-33)34-15-8-3-9-16-34;43-27-29-22-23-44-41(24-29)40-21-18-33(28-45-40)32-17-20-39-37(26-32)36-25-31(30-10-4-1-5-11-30)16-19-38(36)42(39,34-12-6-2-7-13-34)35-14-8-3-9-15-35/h1-25,27-28H;1-27H;1-26,28H. The van der Waals surface area contributed by atoms with Crippen molar-refractivity contribution >= 4 is 0 Å². The van der Waals surface area contributed by atoms with Gasteiger partial charge in [0.1, 0.15) is 17.8 Å². The quantitative estimate of drug-likeness (QED) is 0.0978. The molecule has 0 unspecified atom stereocenters. The summed E-state index contributed by atoms with van der Waals surface area (Å²) in [5.74, 6) is 0. The van der Waals surface area contributed by atoms with E-state index in [1.54, 1.807) is 43.0 Å². The van der Waals surface area contributed by atoms with Crippen molar-refractivity contribution in [2.75, 3.05) is 0 Å². The van der Waals surface area contributed by atoms with Gasteiger partial charge in [-0.15, -0.1) is 0 Å². The molecule has 9 nitrogen and oxygen atoms in total. The molecule has 21 aromatic rings. The monoisotopic (exact) mass is 1720 g/mol. The Morgan fingerprint density at radius 2 is 0.481 bits per heavy atom. The van der Waals surface area contributed by atoms with Crippen molar-refractivity contribution in [1.82, 2.24) is 29.9 Å². The molecule has 0 saturated heterocycles. The summed E-state index contributed by atoms with van der Waals surface area (Å²) in [6, 6.07) is 170. The van der Waals surface area contributed by atoms with Crippen molar-refractivity contribution in [2.24, 2.45) is 0 Å². The van der Waals surface area contributed by atoms with Crippen LogP contribution in [-0.4, -0.2) is 29.9 Å². The number of aromatic nitrogens is 6. The number of benzene rings is 15. The maximum Gasteiger partial charge on any atom is 0.141 e. The van der Waals surface area contributed by atoms with Gasteiger partial charge in [-0.1, -0.05) is 364 Å². The van der Waals surface area contributed by atoms with Crippen LogP contribution in [0.5, 0.6) is 0 Å². The Morgan fingerprint density at radius 3 is 0.815 bits per heavy atom. The molecule has 135 heavy (non-hydrogen) atoms. The van der Waals surface area contributed by atoms with Gasteiger partial charge in [-0.3, -0.25) is 15.0 Å².